The van der Waals surface area contributed by atoms with E-state index < -0.39 is 5.82 Å². The second-order valence-electron chi connectivity index (χ2n) is 3.58. The lowest BCUT2D eigenvalue weighted by molar-refractivity contribution is 0.617. The molecule has 0 atom stereocenters. The van der Waals surface area contributed by atoms with Crippen molar-refractivity contribution in [1.29, 1.82) is 0 Å². The molecule has 0 spiro atoms. The monoisotopic (exact) mass is 267 g/mol. The fourth-order valence-electron chi connectivity index (χ4n) is 1.40. The van der Waals surface area contributed by atoms with Crippen molar-refractivity contribution in [3.05, 3.63) is 28.6 Å². The van der Waals surface area contributed by atoms with Crippen LogP contribution < -0.4 is 10.6 Å². The molecule has 0 aliphatic heterocycles. The Hall–Kier alpha value is -1.76. The number of anilines is 2. The van der Waals surface area contributed by atoms with Gasteiger partial charge in [-0.2, -0.15) is 4.98 Å². The number of nitrogens with one attached hydrogen (secondary N) is 2. The van der Waals surface area contributed by atoms with Crippen molar-refractivity contribution >= 4 is 23.1 Å². The summed E-state index contributed by atoms with van der Waals surface area (Å²) < 4.78 is 13.4. The van der Waals surface area contributed by atoms with Crippen molar-refractivity contribution in [2.24, 2.45) is 0 Å². The summed E-state index contributed by atoms with van der Waals surface area (Å²) in [5.41, 5.74) is 2.78. The molecule has 0 aliphatic rings. The molecule has 0 aromatic carbocycles. The molecule has 0 radical (unpaired) electrons. The average Bonchev–Trinajstić information content (AvgIpc) is 2.86. The topological polar surface area (TPSA) is 62.7 Å². The number of aromatic nitrogens is 3. The van der Waals surface area contributed by atoms with Crippen LogP contribution in [-0.4, -0.2) is 28.0 Å². The minimum Gasteiger partial charge on any atom is -0.367 e. The van der Waals surface area contributed by atoms with E-state index >= 15 is 0 Å². The molecule has 7 heteroatoms. The maximum Gasteiger partial charge on any atom is 0.224 e. The zero-order valence-electron chi connectivity index (χ0n) is 9.98. The first-order valence-corrected chi connectivity index (χ1v) is 6.61. The molecule has 18 heavy (non-hydrogen) atoms. The van der Waals surface area contributed by atoms with Gasteiger partial charge in [0.2, 0.25) is 5.95 Å². The van der Waals surface area contributed by atoms with Crippen molar-refractivity contribution in [1.82, 2.24) is 15.0 Å². The lowest BCUT2D eigenvalue weighted by atomic mass is 10.3. The van der Waals surface area contributed by atoms with E-state index in [-0.39, 0.29) is 5.82 Å². The summed E-state index contributed by atoms with van der Waals surface area (Å²) in [5.74, 6) is 0.196. The van der Waals surface area contributed by atoms with Crippen LogP contribution >= 0.6 is 11.3 Å². The highest BCUT2D eigenvalue weighted by Crippen LogP contribution is 2.12. The van der Waals surface area contributed by atoms with Gasteiger partial charge in [-0.1, -0.05) is 0 Å². The lowest BCUT2D eigenvalue weighted by Gasteiger charge is -2.07. The number of halogens is 1. The summed E-state index contributed by atoms with van der Waals surface area (Å²) in [7, 11) is 0. The van der Waals surface area contributed by atoms with Crippen LogP contribution in [0.15, 0.2) is 17.1 Å². The third kappa shape index (κ3) is 3.36. The smallest absolute Gasteiger partial charge is 0.224 e. The lowest BCUT2D eigenvalue weighted by Crippen LogP contribution is -2.11. The second kappa shape index (κ2) is 6.25. The van der Waals surface area contributed by atoms with Crippen LogP contribution in [0.4, 0.5) is 16.2 Å². The van der Waals surface area contributed by atoms with Gasteiger partial charge in [0.15, 0.2) is 11.6 Å². The van der Waals surface area contributed by atoms with Crippen LogP contribution in [-0.2, 0) is 6.42 Å². The maximum atomic E-state index is 13.4. The van der Waals surface area contributed by atoms with Crippen LogP contribution in [0.5, 0.6) is 0 Å². The first kappa shape index (κ1) is 12.7. The SMILES string of the molecule is CCNc1ncc(F)c(NCCc2cscn2)n1. The van der Waals surface area contributed by atoms with Crippen molar-refractivity contribution in [3.63, 3.8) is 0 Å². The molecule has 0 unspecified atom stereocenters. The van der Waals surface area contributed by atoms with Crippen molar-refractivity contribution in [3.8, 4) is 0 Å². The third-order valence-electron chi connectivity index (χ3n) is 2.24. The zero-order valence-corrected chi connectivity index (χ0v) is 10.8. The Bertz CT molecular complexity index is 488. The summed E-state index contributed by atoms with van der Waals surface area (Å²) >= 11 is 1.55. The Balaban J connectivity index is 1.93. The van der Waals surface area contributed by atoms with Gasteiger partial charge in [0.05, 0.1) is 17.4 Å². The Kier molecular flexibility index (Phi) is 4.40. The van der Waals surface area contributed by atoms with Crippen LogP contribution in [0.1, 0.15) is 12.6 Å². The zero-order chi connectivity index (χ0) is 12.8. The Morgan fingerprint density at radius 2 is 2.22 bits per heavy atom. The Morgan fingerprint density at radius 3 is 2.94 bits per heavy atom. The molecule has 96 valence electrons. The van der Waals surface area contributed by atoms with Gasteiger partial charge in [-0.05, 0) is 6.92 Å². The molecule has 2 aromatic heterocycles. The van der Waals surface area contributed by atoms with E-state index in [1.807, 2.05) is 12.3 Å². The normalized spacial score (nSPS) is 10.3. The number of thiazole rings is 1. The van der Waals surface area contributed by atoms with Crippen molar-refractivity contribution < 1.29 is 4.39 Å². The number of hydrogen-bond acceptors (Lipinski definition) is 6. The predicted molar refractivity (Wildman–Crippen MR) is 70.5 cm³/mol. The number of rotatable bonds is 6. The Labute approximate surface area is 109 Å². The summed E-state index contributed by atoms with van der Waals surface area (Å²) in [5, 5.41) is 7.86. The molecule has 0 saturated carbocycles. The molecule has 5 nitrogen and oxygen atoms in total. The largest absolute Gasteiger partial charge is 0.367 e. The third-order valence-corrected chi connectivity index (χ3v) is 2.87. The summed E-state index contributed by atoms with van der Waals surface area (Å²) in [6.45, 7) is 3.22. The Morgan fingerprint density at radius 1 is 1.33 bits per heavy atom. The fourth-order valence-corrected chi connectivity index (χ4v) is 2.00. The highest BCUT2D eigenvalue weighted by Gasteiger charge is 2.06. The van der Waals surface area contributed by atoms with Crippen LogP contribution in [0.2, 0.25) is 0 Å². The van der Waals surface area contributed by atoms with Gasteiger partial charge < -0.3 is 10.6 Å². The van der Waals surface area contributed by atoms with E-state index in [1.165, 1.54) is 0 Å². The van der Waals surface area contributed by atoms with Gasteiger partial charge >= 0.3 is 0 Å². The highest BCUT2D eigenvalue weighted by atomic mass is 32.1. The quantitative estimate of drug-likeness (QED) is 0.839. The molecule has 0 amide bonds. The van der Waals surface area contributed by atoms with Crippen LogP contribution in [0.25, 0.3) is 0 Å². The summed E-state index contributed by atoms with van der Waals surface area (Å²) in [4.78, 5) is 12.0. The van der Waals surface area contributed by atoms with E-state index in [2.05, 4.69) is 25.6 Å². The minimum absolute atomic E-state index is 0.219. The van der Waals surface area contributed by atoms with Gasteiger partial charge in [0, 0.05) is 24.9 Å². The molecule has 0 fully saturated rings. The second-order valence-corrected chi connectivity index (χ2v) is 4.30. The van der Waals surface area contributed by atoms with E-state index in [9.17, 15) is 4.39 Å². The molecule has 2 N–H and O–H groups in total. The number of nitrogens with zero attached hydrogens (tertiary/aromatic N) is 3. The van der Waals surface area contributed by atoms with Crippen LogP contribution in [0, 0.1) is 5.82 Å². The van der Waals surface area contributed by atoms with Gasteiger partial charge in [0.25, 0.3) is 0 Å². The predicted octanol–water partition coefficient (Wildman–Crippen LogP) is 2.16. The first-order chi connectivity index (χ1) is 8.79. The van der Waals surface area contributed by atoms with Gasteiger partial charge in [0.1, 0.15) is 0 Å². The molecular formula is C11H14FN5S. The first-order valence-electron chi connectivity index (χ1n) is 5.67. The van der Waals surface area contributed by atoms with E-state index in [0.717, 1.165) is 18.3 Å². The van der Waals surface area contributed by atoms with E-state index in [4.69, 9.17) is 0 Å². The number of hydrogen-bond donors (Lipinski definition) is 2. The van der Waals surface area contributed by atoms with Crippen LogP contribution in [0.3, 0.4) is 0 Å². The molecule has 0 saturated heterocycles. The van der Waals surface area contributed by atoms with E-state index in [1.54, 1.807) is 16.8 Å². The standard InChI is InChI=1S/C11H14FN5S/c1-2-13-11-15-5-9(12)10(17-11)14-4-3-8-6-18-7-16-8/h5-7H,2-4H2,1H3,(H2,13,14,15,17). The minimum atomic E-state index is -0.449. The molecule has 2 rings (SSSR count). The van der Waals surface area contributed by atoms with Gasteiger partial charge in [-0.3, -0.25) is 0 Å². The highest BCUT2D eigenvalue weighted by molar-refractivity contribution is 7.07. The van der Waals surface area contributed by atoms with Crippen molar-refractivity contribution in [2.75, 3.05) is 23.7 Å². The molecule has 0 bridgehead atoms. The molecule has 2 aromatic rings. The fraction of sp³-hybridized carbons (Fsp3) is 0.364. The summed E-state index contributed by atoms with van der Waals surface area (Å²) in [6, 6.07) is 0. The van der Waals surface area contributed by atoms with Gasteiger partial charge in [-0.25, -0.2) is 14.4 Å². The maximum absolute atomic E-state index is 13.4. The van der Waals surface area contributed by atoms with E-state index in [0.29, 0.717) is 19.0 Å². The van der Waals surface area contributed by atoms with Gasteiger partial charge in [-0.15, -0.1) is 11.3 Å². The average molecular weight is 267 g/mol. The molecule has 0 aliphatic carbocycles. The molecular weight excluding hydrogens is 253 g/mol. The van der Waals surface area contributed by atoms with Crippen molar-refractivity contribution in [2.45, 2.75) is 13.3 Å². The summed E-state index contributed by atoms with van der Waals surface area (Å²) in [6.07, 6.45) is 1.90. The molecule has 2 heterocycles.